The molecule has 1 aliphatic carbocycles. The zero-order valence-electron chi connectivity index (χ0n) is 11.0. The molecule has 1 fully saturated rings. The number of pyridine rings is 1. The molecule has 0 aromatic carbocycles. The van der Waals surface area contributed by atoms with Gasteiger partial charge in [0.2, 0.25) is 0 Å². The molecule has 0 spiro atoms. The molecule has 4 heteroatoms. The molecule has 0 aliphatic heterocycles. The molecule has 1 aliphatic rings. The van der Waals surface area contributed by atoms with E-state index in [1.807, 2.05) is 0 Å². The molecule has 1 heterocycles. The lowest BCUT2D eigenvalue weighted by Gasteiger charge is -2.26. The van der Waals surface area contributed by atoms with Crippen LogP contribution in [0.15, 0.2) is 18.3 Å². The Hall–Kier alpha value is -1.86. The second-order valence-corrected chi connectivity index (χ2v) is 4.76. The van der Waals surface area contributed by atoms with Crippen LogP contribution >= 0.6 is 0 Å². The van der Waals surface area contributed by atoms with E-state index in [9.17, 15) is 9.90 Å². The van der Waals surface area contributed by atoms with Gasteiger partial charge in [0.05, 0.1) is 12.7 Å². The number of hydrogen-bond donors (Lipinski definition) is 1. The summed E-state index contributed by atoms with van der Waals surface area (Å²) in [7, 11) is 1.33. The lowest BCUT2D eigenvalue weighted by atomic mass is 9.85. The maximum Gasteiger partial charge on any atom is 0.338 e. The first-order valence-corrected chi connectivity index (χ1v) is 6.43. The van der Waals surface area contributed by atoms with Crippen LogP contribution in [0.25, 0.3) is 0 Å². The molecule has 1 saturated carbocycles. The molecule has 1 aromatic rings. The third-order valence-corrected chi connectivity index (χ3v) is 3.28. The number of aromatic nitrogens is 1. The Kier molecular flexibility index (Phi) is 4.18. The van der Waals surface area contributed by atoms with Crippen LogP contribution in [-0.4, -0.2) is 28.8 Å². The molecule has 0 radical (unpaired) electrons. The van der Waals surface area contributed by atoms with E-state index in [4.69, 9.17) is 0 Å². The molecule has 1 aromatic heterocycles. The van der Waals surface area contributed by atoms with Crippen molar-refractivity contribution in [3.8, 4) is 11.8 Å². The number of rotatable bonds is 1. The molecule has 0 saturated heterocycles. The van der Waals surface area contributed by atoms with E-state index >= 15 is 0 Å². The summed E-state index contributed by atoms with van der Waals surface area (Å²) in [6, 6.07) is 3.15. The van der Waals surface area contributed by atoms with Crippen molar-refractivity contribution in [2.75, 3.05) is 7.11 Å². The molecule has 4 nitrogen and oxygen atoms in total. The summed E-state index contributed by atoms with van der Waals surface area (Å²) in [4.78, 5) is 15.5. The Bertz CT molecular complexity index is 522. The smallest absolute Gasteiger partial charge is 0.338 e. The maximum atomic E-state index is 11.4. The summed E-state index contributed by atoms with van der Waals surface area (Å²) < 4.78 is 4.64. The van der Waals surface area contributed by atoms with E-state index in [2.05, 4.69) is 21.6 Å². The minimum absolute atomic E-state index is 0.414. The van der Waals surface area contributed by atoms with Gasteiger partial charge < -0.3 is 9.84 Å². The molecule has 0 bridgehead atoms. The highest BCUT2D eigenvalue weighted by Crippen LogP contribution is 2.27. The van der Waals surface area contributed by atoms with Crippen molar-refractivity contribution >= 4 is 5.97 Å². The van der Waals surface area contributed by atoms with Gasteiger partial charge in [0.25, 0.3) is 0 Å². The van der Waals surface area contributed by atoms with Crippen LogP contribution < -0.4 is 0 Å². The van der Waals surface area contributed by atoms with Gasteiger partial charge in [-0.15, -0.1) is 0 Å². The van der Waals surface area contributed by atoms with Crippen LogP contribution in [0.3, 0.4) is 0 Å². The van der Waals surface area contributed by atoms with Gasteiger partial charge in [-0.25, -0.2) is 9.78 Å². The van der Waals surface area contributed by atoms with Gasteiger partial charge in [0.15, 0.2) is 0 Å². The van der Waals surface area contributed by atoms with Gasteiger partial charge in [-0.3, -0.25) is 0 Å². The van der Waals surface area contributed by atoms with Crippen molar-refractivity contribution in [3.63, 3.8) is 0 Å². The van der Waals surface area contributed by atoms with E-state index in [-0.39, 0.29) is 0 Å². The topological polar surface area (TPSA) is 59.4 Å². The summed E-state index contributed by atoms with van der Waals surface area (Å²) in [5, 5.41) is 10.3. The van der Waals surface area contributed by atoms with Gasteiger partial charge in [-0.1, -0.05) is 12.3 Å². The van der Waals surface area contributed by atoms with Gasteiger partial charge in [0.1, 0.15) is 11.3 Å². The van der Waals surface area contributed by atoms with Crippen molar-refractivity contribution in [1.82, 2.24) is 4.98 Å². The summed E-state index contributed by atoms with van der Waals surface area (Å²) in [6.07, 6.45) is 6.08. The van der Waals surface area contributed by atoms with Crippen molar-refractivity contribution in [2.24, 2.45) is 0 Å². The minimum atomic E-state index is -0.902. The predicted octanol–water partition coefficient (Wildman–Crippen LogP) is 1.91. The third-order valence-electron chi connectivity index (χ3n) is 3.28. The Morgan fingerprint density at radius 2 is 2.16 bits per heavy atom. The molecule has 0 atom stereocenters. The largest absolute Gasteiger partial charge is 0.465 e. The van der Waals surface area contributed by atoms with Crippen molar-refractivity contribution < 1.29 is 14.6 Å². The Balaban J connectivity index is 2.17. The van der Waals surface area contributed by atoms with Crippen LogP contribution in [-0.2, 0) is 4.74 Å². The Morgan fingerprint density at radius 3 is 2.84 bits per heavy atom. The maximum absolute atomic E-state index is 11.4. The third kappa shape index (κ3) is 3.55. The molecular formula is C15H17NO3. The number of aliphatic hydroxyl groups is 1. The van der Waals surface area contributed by atoms with E-state index in [0.29, 0.717) is 24.1 Å². The van der Waals surface area contributed by atoms with Gasteiger partial charge in [0, 0.05) is 6.20 Å². The molecule has 19 heavy (non-hydrogen) atoms. The van der Waals surface area contributed by atoms with Crippen LogP contribution in [0, 0.1) is 11.8 Å². The lowest BCUT2D eigenvalue weighted by molar-refractivity contribution is 0.0598. The number of hydrogen-bond acceptors (Lipinski definition) is 4. The van der Waals surface area contributed by atoms with Crippen molar-refractivity contribution in [1.29, 1.82) is 0 Å². The van der Waals surface area contributed by atoms with E-state index in [0.717, 1.165) is 19.3 Å². The molecule has 0 unspecified atom stereocenters. The molecule has 100 valence electrons. The quantitative estimate of drug-likeness (QED) is 0.618. The number of carbonyl (C=O) groups is 1. The highest BCUT2D eigenvalue weighted by Gasteiger charge is 2.26. The van der Waals surface area contributed by atoms with Crippen LogP contribution in [0.1, 0.15) is 48.2 Å². The number of esters is 1. The van der Waals surface area contributed by atoms with E-state index in [1.54, 1.807) is 12.1 Å². The van der Waals surface area contributed by atoms with Gasteiger partial charge in [-0.05, 0) is 43.7 Å². The average Bonchev–Trinajstić information content (AvgIpc) is 2.45. The van der Waals surface area contributed by atoms with E-state index < -0.39 is 11.6 Å². The summed E-state index contributed by atoms with van der Waals surface area (Å²) in [6.45, 7) is 0. The fourth-order valence-corrected chi connectivity index (χ4v) is 2.19. The first-order chi connectivity index (χ1) is 9.13. The number of ether oxygens (including phenoxy) is 1. The first kappa shape index (κ1) is 13.6. The second kappa shape index (κ2) is 5.85. The monoisotopic (exact) mass is 259 g/mol. The SMILES string of the molecule is COC(=O)c1ccnc(C#CC2(O)CCCCC2)c1. The highest BCUT2D eigenvalue weighted by molar-refractivity contribution is 5.89. The number of carbonyl (C=O) groups excluding carboxylic acids is 1. The Labute approximate surface area is 112 Å². The first-order valence-electron chi connectivity index (χ1n) is 6.43. The summed E-state index contributed by atoms with van der Waals surface area (Å²) in [5.74, 6) is 5.33. The van der Waals surface area contributed by atoms with Crippen LogP contribution in [0.2, 0.25) is 0 Å². The van der Waals surface area contributed by atoms with Gasteiger partial charge >= 0.3 is 5.97 Å². The fourth-order valence-electron chi connectivity index (χ4n) is 2.19. The second-order valence-electron chi connectivity index (χ2n) is 4.76. The van der Waals surface area contributed by atoms with Crippen LogP contribution in [0.5, 0.6) is 0 Å². The highest BCUT2D eigenvalue weighted by atomic mass is 16.5. The predicted molar refractivity (Wildman–Crippen MR) is 70.5 cm³/mol. The number of methoxy groups -OCH3 is 1. The molecule has 2 rings (SSSR count). The number of nitrogens with zero attached hydrogens (tertiary/aromatic N) is 1. The van der Waals surface area contributed by atoms with Crippen molar-refractivity contribution in [2.45, 2.75) is 37.7 Å². The van der Waals surface area contributed by atoms with Gasteiger partial charge in [-0.2, -0.15) is 0 Å². The summed E-state index contributed by atoms with van der Waals surface area (Å²) in [5.41, 5.74) is -0.0133. The van der Waals surface area contributed by atoms with Crippen LogP contribution in [0.4, 0.5) is 0 Å². The molecule has 1 N–H and O–H groups in total. The normalized spacial score (nSPS) is 17.2. The molecule has 0 amide bonds. The minimum Gasteiger partial charge on any atom is -0.465 e. The average molecular weight is 259 g/mol. The lowest BCUT2D eigenvalue weighted by Crippen LogP contribution is -2.29. The standard InChI is InChI=1S/C15H17NO3/c1-19-14(17)12-6-10-16-13(11-12)5-9-15(18)7-3-2-4-8-15/h6,10-11,18H,2-4,7-8H2,1H3. The summed E-state index contributed by atoms with van der Waals surface area (Å²) >= 11 is 0. The molecular weight excluding hydrogens is 242 g/mol. The van der Waals surface area contributed by atoms with E-state index in [1.165, 1.54) is 13.3 Å². The zero-order chi connectivity index (χ0) is 13.7. The fraction of sp³-hybridized carbons (Fsp3) is 0.467. The zero-order valence-corrected chi connectivity index (χ0v) is 11.0. The van der Waals surface area contributed by atoms with Crippen molar-refractivity contribution in [3.05, 3.63) is 29.6 Å². The Morgan fingerprint density at radius 1 is 1.42 bits per heavy atom.